The van der Waals surface area contributed by atoms with Gasteiger partial charge in [0.15, 0.2) is 0 Å². The van der Waals surface area contributed by atoms with Gasteiger partial charge >= 0.3 is 10.2 Å². The van der Waals surface area contributed by atoms with Crippen LogP contribution in [0.1, 0.15) is 18.4 Å². The van der Waals surface area contributed by atoms with Crippen LogP contribution in [0.4, 0.5) is 10.1 Å². The van der Waals surface area contributed by atoms with Crippen LogP contribution in [0.5, 0.6) is 0 Å². The average molecular weight is 484 g/mol. The number of halogens is 2. The van der Waals surface area contributed by atoms with Crippen molar-refractivity contribution < 1.29 is 17.6 Å². The quantitative estimate of drug-likeness (QED) is 0.684. The molecule has 1 atom stereocenters. The lowest BCUT2D eigenvalue weighted by Gasteiger charge is -2.34. The zero-order valence-electron chi connectivity index (χ0n) is 16.0. The summed E-state index contributed by atoms with van der Waals surface area (Å²) in [5.74, 6) is -0.999. The van der Waals surface area contributed by atoms with Crippen LogP contribution in [-0.2, 0) is 21.5 Å². The molecule has 0 aliphatic carbocycles. The molecule has 29 heavy (non-hydrogen) atoms. The summed E-state index contributed by atoms with van der Waals surface area (Å²) >= 11 is 3.40. The maximum absolute atomic E-state index is 13.1. The number of nitrogens with zero attached hydrogens (tertiary/aromatic N) is 2. The predicted molar refractivity (Wildman–Crippen MR) is 114 cm³/mol. The van der Waals surface area contributed by atoms with Crippen LogP contribution in [0.15, 0.2) is 53.0 Å². The number of benzene rings is 2. The Hall–Kier alpha value is -1.97. The Morgan fingerprint density at radius 2 is 2.00 bits per heavy atom. The van der Waals surface area contributed by atoms with Gasteiger partial charge in [-0.05, 0) is 54.8 Å². The molecule has 9 heteroatoms. The molecule has 0 spiro atoms. The fourth-order valence-electron chi connectivity index (χ4n) is 3.30. The van der Waals surface area contributed by atoms with E-state index >= 15 is 0 Å². The van der Waals surface area contributed by atoms with Crippen LogP contribution in [0.3, 0.4) is 0 Å². The first-order valence-corrected chi connectivity index (χ1v) is 11.5. The van der Waals surface area contributed by atoms with Crippen LogP contribution >= 0.6 is 15.9 Å². The highest BCUT2D eigenvalue weighted by Crippen LogP contribution is 2.24. The van der Waals surface area contributed by atoms with E-state index in [9.17, 15) is 17.6 Å². The minimum absolute atomic E-state index is 0.123. The highest BCUT2D eigenvalue weighted by Gasteiger charge is 2.34. The van der Waals surface area contributed by atoms with Gasteiger partial charge in [0.2, 0.25) is 5.91 Å². The van der Waals surface area contributed by atoms with Crippen molar-refractivity contribution in [2.75, 3.05) is 24.4 Å². The minimum Gasteiger partial charge on any atom is -0.352 e. The summed E-state index contributed by atoms with van der Waals surface area (Å²) in [7, 11) is -2.38. The highest BCUT2D eigenvalue weighted by atomic mass is 79.9. The van der Waals surface area contributed by atoms with Gasteiger partial charge in [0, 0.05) is 31.2 Å². The Labute approximate surface area is 179 Å². The molecule has 0 saturated carbocycles. The third-order valence-electron chi connectivity index (χ3n) is 4.97. The predicted octanol–water partition coefficient (Wildman–Crippen LogP) is 3.30. The van der Waals surface area contributed by atoms with Gasteiger partial charge in [0.1, 0.15) is 5.82 Å². The largest absolute Gasteiger partial charge is 0.352 e. The Morgan fingerprint density at radius 3 is 2.69 bits per heavy atom. The van der Waals surface area contributed by atoms with Gasteiger partial charge in [0.05, 0.1) is 11.6 Å². The van der Waals surface area contributed by atoms with Crippen LogP contribution in [0.2, 0.25) is 0 Å². The molecule has 0 bridgehead atoms. The number of piperidine rings is 1. The van der Waals surface area contributed by atoms with Crippen molar-refractivity contribution in [3.63, 3.8) is 0 Å². The normalized spacial score (nSPS) is 17.7. The van der Waals surface area contributed by atoms with Crippen molar-refractivity contribution in [3.05, 3.63) is 64.4 Å². The highest BCUT2D eigenvalue weighted by molar-refractivity contribution is 9.10. The standard InChI is InChI=1S/C20H23BrFN3O3S/c1-24(19-9-7-18(22)8-10-19)29(27,28)25-11-3-5-16(14-25)20(26)23-13-15-4-2-6-17(21)12-15/h2,4,6-10,12,16H,3,5,11,13-14H2,1H3,(H,23,26)/t16-/m1/s1. The molecule has 6 nitrogen and oxygen atoms in total. The monoisotopic (exact) mass is 483 g/mol. The van der Waals surface area contributed by atoms with Gasteiger partial charge < -0.3 is 5.32 Å². The van der Waals surface area contributed by atoms with E-state index in [1.165, 1.54) is 35.6 Å². The van der Waals surface area contributed by atoms with Gasteiger partial charge in [0.25, 0.3) is 0 Å². The van der Waals surface area contributed by atoms with E-state index in [2.05, 4.69) is 21.2 Å². The van der Waals surface area contributed by atoms with Gasteiger partial charge in [-0.3, -0.25) is 9.10 Å². The van der Waals surface area contributed by atoms with E-state index in [1.807, 2.05) is 24.3 Å². The average Bonchev–Trinajstić information content (AvgIpc) is 2.72. The van der Waals surface area contributed by atoms with E-state index < -0.39 is 21.9 Å². The third kappa shape index (κ3) is 5.34. The van der Waals surface area contributed by atoms with Crippen LogP contribution < -0.4 is 9.62 Å². The Bertz CT molecular complexity index is 969. The minimum atomic E-state index is -3.81. The number of hydrogen-bond acceptors (Lipinski definition) is 3. The molecule has 3 rings (SSSR count). The summed E-state index contributed by atoms with van der Waals surface area (Å²) in [5, 5.41) is 2.90. The number of rotatable bonds is 6. The van der Waals surface area contributed by atoms with Crippen molar-refractivity contribution in [1.82, 2.24) is 9.62 Å². The van der Waals surface area contributed by atoms with Gasteiger partial charge in [-0.15, -0.1) is 0 Å². The summed E-state index contributed by atoms with van der Waals surface area (Å²) in [4.78, 5) is 12.6. The lowest BCUT2D eigenvalue weighted by atomic mass is 9.99. The molecule has 1 fully saturated rings. The maximum Gasteiger partial charge on any atom is 0.303 e. The van der Waals surface area contributed by atoms with Crippen LogP contribution in [0.25, 0.3) is 0 Å². The van der Waals surface area contributed by atoms with Gasteiger partial charge in [-0.1, -0.05) is 28.1 Å². The second-order valence-electron chi connectivity index (χ2n) is 7.00. The number of hydrogen-bond donors (Lipinski definition) is 1. The molecule has 1 aliphatic rings. The summed E-state index contributed by atoms with van der Waals surface area (Å²) in [6, 6.07) is 12.9. The topological polar surface area (TPSA) is 69.7 Å². The van der Waals surface area contributed by atoms with Crippen molar-refractivity contribution in [1.29, 1.82) is 0 Å². The summed E-state index contributed by atoms with van der Waals surface area (Å²) < 4.78 is 42.5. The molecular formula is C20H23BrFN3O3S. The molecule has 156 valence electrons. The molecule has 2 aromatic carbocycles. The fourth-order valence-corrected chi connectivity index (χ4v) is 5.21. The smallest absolute Gasteiger partial charge is 0.303 e. The third-order valence-corrected chi connectivity index (χ3v) is 7.35. The molecule has 2 aromatic rings. The Kier molecular flexibility index (Phi) is 6.92. The Morgan fingerprint density at radius 1 is 1.28 bits per heavy atom. The first-order chi connectivity index (χ1) is 13.8. The molecule has 0 aromatic heterocycles. The molecule has 1 amide bonds. The number of anilines is 1. The second kappa shape index (κ2) is 9.23. The fraction of sp³-hybridized carbons (Fsp3) is 0.350. The van der Waals surface area contributed by atoms with Gasteiger partial charge in [-0.2, -0.15) is 12.7 Å². The zero-order chi connectivity index (χ0) is 21.0. The summed E-state index contributed by atoms with van der Waals surface area (Å²) in [5.41, 5.74) is 1.33. The number of amides is 1. The molecule has 1 aliphatic heterocycles. The summed E-state index contributed by atoms with van der Waals surface area (Å²) in [6.45, 7) is 0.860. The second-order valence-corrected chi connectivity index (χ2v) is 9.87. The van der Waals surface area contributed by atoms with E-state index in [1.54, 1.807) is 0 Å². The lowest BCUT2D eigenvalue weighted by molar-refractivity contribution is -0.126. The van der Waals surface area contributed by atoms with E-state index in [4.69, 9.17) is 0 Å². The molecule has 0 unspecified atom stereocenters. The van der Waals surface area contributed by atoms with Crippen LogP contribution in [-0.4, -0.2) is 38.8 Å². The van der Waals surface area contributed by atoms with Crippen molar-refractivity contribution >= 4 is 37.7 Å². The van der Waals surface area contributed by atoms with Crippen molar-refractivity contribution in [3.8, 4) is 0 Å². The first kappa shape index (κ1) is 21.7. The number of carbonyl (C=O) groups excluding carboxylic acids is 1. The Balaban J connectivity index is 1.64. The zero-order valence-corrected chi connectivity index (χ0v) is 18.4. The molecular weight excluding hydrogens is 461 g/mol. The maximum atomic E-state index is 13.1. The van der Waals surface area contributed by atoms with E-state index in [0.29, 0.717) is 31.6 Å². The first-order valence-electron chi connectivity index (χ1n) is 9.29. The number of nitrogens with one attached hydrogen (secondary N) is 1. The van der Waals surface area contributed by atoms with E-state index in [-0.39, 0.29) is 12.5 Å². The van der Waals surface area contributed by atoms with E-state index in [0.717, 1.165) is 14.3 Å². The molecule has 1 heterocycles. The van der Waals surface area contributed by atoms with Gasteiger partial charge in [-0.25, -0.2) is 4.39 Å². The lowest BCUT2D eigenvalue weighted by Crippen LogP contribution is -2.49. The van der Waals surface area contributed by atoms with Crippen molar-refractivity contribution in [2.24, 2.45) is 5.92 Å². The SMILES string of the molecule is CN(c1ccc(F)cc1)S(=O)(=O)N1CCC[C@@H](C(=O)NCc2cccc(Br)c2)C1. The number of carbonyl (C=O) groups is 1. The van der Waals surface area contributed by atoms with Crippen molar-refractivity contribution in [2.45, 2.75) is 19.4 Å². The molecule has 0 radical (unpaired) electrons. The molecule has 1 saturated heterocycles. The molecule has 1 N–H and O–H groups in total. The summed E-state index contributed by atoms with van der Waals surface area (Å²) in [6.07, 6.45) is 1.24. The van der Waals surface area contributed by atoms with Crippen LogP contribution in [0, 0.1) is 11.7 Å².